The van der Waals surface area contributed by atoms with Crippen molar-refractivity contribution in [3.8, 4) is 0 Å². The summed E-state index contributed by atoms with van der Waals surface area (Å²) >= 11 is 5.88. The van der Waals surface area contributed by atoms with E-state index in [0.29, 0.717) is 16.4 Å². The lowest BCUT2D eigenvalue weighted by Gasteiger charge is -2.13. The Morgan fingerprint density at radius 1 is 1.42 bits per heavy atom. The number of nitrogens with one attached hydrogen (secondary N) is 3. The van der Waals surface area contributed by atoms with Gasteiger partial charge in [0.1, 0.15) is 0 Å². The van der Waals surface area contributed by atoms with E-state index in [0.717, 1.165) is 30.8 Å². The first-order chi connectivity index (χ1) is 9.24. The number of rotatable bonds is 2. The molecule has 6 heteroatoms. The van der Waals surface area contributed by atoms with Crippen LogP contribution in [0.2, 0.25) is 5.02 Å². The van der Waals surface area contributed by atoms with Gasteiger partial charge < -0.3 is 10.6 Å². The van der Waals surface area contributed by atoms with E-state index < -0.39 is 0 Å². The van der Waals surface area contributed by atoms with Crippen molar-refractivity contribution in [3.05, 3.63) is 46.1 Å². The molecule has 0 aliphatic carbocycles. The second kappa shape index (κ2) is 5.03. The van der Waals surface area contributed by atoms with Crippen LogP contribution < -0.4 is 10.6 Å². The van der Waals surface area contributed by atoms with Gasteiger partial charge in [-0.15, -0.1) is 0 Å². The van der Waals surface area contributed by atoms with Gasteiger partial charge in [0.2, 0.25) is 0 Å². The monoisotopic (exact) mass is 276 g/mol. The fraction of sp³-hybridized carbons (Fsp3) is 0.231. The molecule has 0 unspecified atom stereocenters. The summed E-state index contributed by atoms with van der Waals surface area (Å²) in [5.41, 5.74) is 2.64. The number of hydrogen-bond donors (Lipinski definition) is 3. The van der Waals surface area contributed by atoms with Crippen LogP contribution in [0.1, 0.15) is 21.6 Å². The zero-order valence-electron chi connectivity index (χ0n) is 10.2. The van der Waals surface area contributed by atoms with E-state index in [9.17, 15) is 4.79 Å². The van der Waals surface area contributed by atoms with Crippen LogP contribution in [0.3, 0.4) is 0 Å². The number of amides is 1. The molecule has 3 N–H and O–H groups in total. The number of halogens is 1. The van der Waals surface area contributed by atoms with E-state index in [1.807, 2.05) is 0 Å². The molecule has 1 aliphatic rings. The molecular weight excluding hydrogens is 264 g/mol. The zero-order chi connectivity index (χ0) is 13.2. The molecule has 0 spiro atoms. The third kappa shape index (κ3) is 2.47. The second-order valence-corrected chi connectivity index (χ2v) is 4.86. The van der Waals surface area contributed by atoms with Crippen molar-refractivity contribution < 1.29 is 4.79 Å². The quantitative estimate of drug-likeness (QED) is 0.785. The smallest absolute Gasteiger partial charge is 0.256 e. The third-order valence-electron chi connectivity index (χ3n) is 3.13. The maximum Gasteiger partial charge on any atom is 0.256 e. The topological polar surface area (TPSA) is 69.8 Å². The SMILES string of the molecule is O=C(Nc1n[nH]c2c1CCNC2)c1cccc(Cl)c1. The maximum absolute atomic E-state index is 12.1. The molecule has 0 saturated heterocycles. The number of carbonyl (C=O) groups is 1. The molecule has 0 fully saturated rings. The van der Waals surface area contributed by atoms with Crippen molar-refractivity contribution >= 4 is 23.3 Å². The second-order valence-electron chi connectivity index (χ2n) is 4.42. The summed E-state index contributed by atoms with van der Waals surface area (Å²) in [6.45, 7) is 1.65. The highest BCUT2D eigenvalue weighted by atomic mass is 35.5. The van der Waals surface area contributed by atoms with Gasteiger partial charge in [-0.25, -0.2) is 0 Å². The predicted molar refractivity (Wildman–Crippen MR) is 73.4 cm³/mol. The molecule has 0 atom stereocenters. The Balaban J connectivity index is 1.82. The average Bonchev–Trinajstić information content (AvgIpc) is 2.82. The van der Waals surface area contributed by atoms with Gasteiger partial charge in [0.25, 0.3) is 5.91 Å². The van der Waals surface area contributed by atoms with Gasteiger partial charge in [0.15, 0.2) is 5.82 Å². The summed E-state index contributed by atoms with van der Waals surface area (Å²) in [5.74, 6) is 0.414. The minimum Gasteiger partial charge on any atom is -0.311 e. The molecule has 19 heavy (non-hydrogen) atoms. The van der Waals surface area contributed by atoms with Crippen LogP contribution >= 0.6 is 11.6 Å². The van der Waals surface area contributed by atoms with Crippen molar-refractivity contribution in [2.24, 2.45) is 0 Å². The van der Waals surface area contributed by atoms with Crippen molar-refractivity contribution in [1.29, 1.82) is 0 Å². The van der Waals surface area contributed by atoms with E-state index in [2.05, 4.69) is 20.8 Å². The van der Waals surface area contributed by atoms with Crippen molar-refractivity contribution in [2.75, 3.05) is 11.9 Å². The maximum atomic E-state index is 12.1. The Kier molecular flexibility index (Phi) is 3.23. The van der Waals surface area contributed by atoms with Crippen LogP contribution in [0.5, 0.6) is 0 Å². The van der Waals surface area contributed by atoms with Crippen LogP contribution in [-0.4, -0.2) is 22.6 Å². The number of aromatic amines is 1. The number of benzene rings is 1. The van der Waals surface area contributed by atoms with Gasteiger partial charge in [-0.3, -0.25) is 9.89 Å². The van der Waals surface area contributed by atoms with Crippen molar-refractivity contribution in [2.45, 2.75) is 13.0 Å². The molecule has 2 aromatic rings. The lowest BCUT2D eigenvalue weighted by atomic mass is 10.1. The Bertz CT molecular complexity index is 623. The van der Waals surface area contributed by atoms with Gasteiger partial charge in [0, 0.05) is 22.7 Å². The van der Waals surface area contributed by atoms with Crippen molar-refractivity contribution in [3.63, 3.8) is 0 Å². The highest BCUT2D eigenvalue weighted by molar-refractivity contribution is 6.31. The summed E-state index contributed by atoms with van der Waals surface area (Å²) in [6.07, 6.45) is 0.858. The van der Waals surface area contributed by atoms with Crippen LogP contribution in [0, 0.1) is 0 Å². The van der Waals surface area contributed by atoms with Crippen LogP contribution in [0.4, 0.5) is 5.82 Å². The Hall–Kier alpha value is -1.85. The van der Waals surface area contributed by atoms with Crippen LogP contribution in [-0.2, 0) is 13.0 Å². The van der Waals surface area contributed by atoms with E-state index in [-0.39, 0.29) is 5.91 Å². The molecular formula is C13H13ClN4O. The molecule has 0 saturated carbocycles. The summed E-state index contributed by atoms with van der Waals surface area (Å²) in [4.78, 5) is 12.1. The van der Waals surface area contributed by atoms with Crippen LogP contribution in [0.15, 0.2) is 24.3 Å². The number of H-pyrrole nitrogens is 1. The van der Waals surface area contributed by atoms with Gasteiger partial charge >= 0.3 is 0 Å². The summed E-state index contributed by atoms with van der Waals surface area (Å²) in [7, 11) is 0. The van der Waals surface area contributed by atoms with Gasteiger partial charge in [-0.05, 0) is 31.2 Å². The summed E-state index contributed by atoms with van der Waals surface area (Å²) < 4.78 is 0. The molecule has 0 bridgehead atoms. The first-order valence-corrected chi connectivity index (χ1v) is 6.45. The molecule has 1 aromatic carbocycles. The largest absolute Gasteiger partial charge is 0.311 e. The number of nitrogens with zero attached hydrogens (tertiary/aromatic N) is 1. The summed E-state index contributed by atoms with van der Waals surface area (Å²) in [5, 5.41) is 13.7. The molecule has 1 aromatic heterocycles. The number of hydrogen-bond acceptors (Lipinski definition) is 3. The average molecular weight is 277 g/mol. The van der Waals surface area contributed by atoms with E-state index in [4.69, 9.17) is 11.6 Å². The summed E-state index contributed by atoms with van der Waals surface area (Å²) in [6, 6.07) is 6.85. The van der Waals surface area contributed by atoms with Gasteiger partial charge in [-0.1, -0.05) is 17.7 Å². The standard InChI is InChI=1S/C13H13ClN4O/c14-9-3-1-2-8(6-9)13(19)16-12-10-4-5-15-7-11(10)17-18-12/h1-3,6,15H,4-5,7H2,(H2,16,17,18,19). The molecule has 1 aliphatic heterocycles. The fourth-order valence-corrected chi connectivity index (χ4v) is 2.35. The van der Waals surface area contributed by atoms with E-state index >= 15 is 0 Å². The van der Waals surface area contributed by atoms with Gasteiger partial charge in [-0.2, -0.15) is 5.10 Å². The first kappa shape index (κ1) is 12.2. The molecule has 3 rings (SSSR count). The minimum absolute atomic E-state index is 0.199. The van der Waals surface area contributed by atoms with Crippen molar-refractivity contribution in [1.82, 2.24) is 15.5 Å². The number of fused-ring (bicyclic) bond motifs is 1. The molecule has 2 heterocycles. The zero-order valence-corrected chi connectivity index (χ0v) is 10.9. The normalized spacial score (nSPS) is 13.9. The van der Waals surface area contributed by atoms with E-state index in [1.165, 1.54) is 0 Å². The molecule has 5 nitrogen and oxygen atoms in total. The number of anilines is 1. The Morgan fingerprint density at radius 3 is 3.16 bits per heavy atom. The highest BCUT2D eigenvalue weighted by Gasteiger charge is 2.18. The number of aromatic nitrogens is 2. The Labute approximate surface area is 115 Å². The lowest BCUT2D eigenvalue weighted by Crippen LogP contribution is -2.24. The molecule has 1 amide bonds. The third-order valence-corrected chi connectivity index (χ3v) is 3.36. The van der Waals surface area contributed by atoms with E-state index in [1.54, 1.807) is 24.3 Å². The number of carbonyl (C=O) groups excluding carboxylic acids is 1. The molecule has 0 radical (unpaired) electrons. The minimum atomic E-state index is -0.199. The molecule has 98 valence electrons. The predicted octanol–water partition coefficient (Wildman–Crippen LogP) is 1.96. The van der Waals surface area contributed by atoms with Gasteiger partial charge in [0.05, 0.1) is 5.69 Å². The van der Waals surface area contributed by atoms with Crippen LogP contribution in [0.25, 0.3) is 0 Å². The fourth-order valence-electron chi connectivity index (χ4n) is 2.16. The Morgan fingerprint density at radius 2 is 2.32 bits per heavy atom. The lowest BCUT2D eigenvalue weighted by molar-refractivity contribution is 0.102. The highest BCUT2D eigenvalue weighted by Crippen LogP contribution is 2.21. The first-order valence-electron chi connectivity index (χ1n) is 6.08.